The monoisotopic (exact) mass is 142 g/mol. The second-order valence-corrected chi connectivity index (χ2v) is 2.09. The number of rotatable bonds is 2. The van der Waals surface area contributed by atoms with Crippen molar-refractivity contribution in [3.05, 3.63) is 0 Å². The molecular weight excluding hydrogens is 131 g/mol. The number of hydrogen-bond donors (Lipinski definition) is 2. The molecule has 0 fully saturated rings. The van der Waals surface area contributed by atoms with Crippen molar-refractivity contribution in [3.8, 4) is 0 Å². The van der Waals surface area contributed by atoms with E-state index in [2.05, 4.69) is 0 Å². The molecule has 0 aromatic heterocycles. The molecule has 9 heavy (non-hydrogen) atoms. The van der Waals surface area contributed by atoms with E-state index in [0.29, 0.717) is 10.3 Å². The molecule has 0 rings (SSSR count). The molecule has 0 spiro atoms. The Labute approximate surface area is 72.5 Å². The van der Waals surface area contributed by atoms with Crippen LogP contribution < -0.4 is 0 Å². The predicted molar refractivity (Wildman–Crippen MR) is 35.4 cm³/mol. The Morgan fingerprint density at radius 2 is 2.00 bits per heavy atom. The van der Waals surface area contributed by atoms with Crippen molar-refractivity contribution in [1.29, 1.82) is 0 Å². The third-order valence-corrected chi connectivity index (χ3v) is 0.464. The Kier molecular flexibility index (Phi) is 15.2. The van der Waals surface area contributed by atoms with Gasteiger partial charge >= 0.3 is 42.9 Å². The molecule has 0 heterocycles. The molecule has 2 N–H and O–H groups in total. The Bertz CT molecular complexity index is 65.2. The van der Waals surface area contributed by atoms with Gasteiger partial charge in [-0.05, 0) is 6.42 Å². The van der Waals surface area contributed by atoms with Crippen LogP contribution in [0.5, 0.6) is 0 Å². The molecule has 0 aliphatic heterocycles. The summed E-state index contributed by atoms with van der Waals surface area (Å²) in [5, 5.41) is 15.5. The van der Waals surface area contributed by atoms with Crippen molar-refractivity contribution in [3.63, 3.8) is 0 Å². The molecule has 3 nitrogen and oxygen atoms in total. The first-order valence-corrected chi connectivity index (χ1v) is 4.43. The average Bonchev–Trinajstić information content (AvgIpc) is 1.67. The van der Waals surface area contributed by atoms with E-state index in [9.17, 15) is 4.79 Å². The zero-order valence-electron chi connectivity index (χ0n) is 5.92. The molecule has 50 valence electrons. The van der Waals surface area contributed by atoms with Crippen molar-refractivity contribution in [1.82, 2.24) is 0 Å². The van der Waals surface area contributed by atoms with Crippen molar-refractivity contribution in [2.45, 2.75) is 19.8 Å². The summed E-state index contributed by atoms with van der Waals surface area (Å²) in [6, 6.07) is 0. The Morgan fingerprint density at radius 1 is 1.67 bits per heavy atom. The summed E-state index contributed by atoms with van der Waals surface area (Å²) in [5.41, 5.74) is 0. The molecule has 0 aliphatic carbocycles. The average molecular weight is 142 g/mol. The summed E-state index contributed by atoms with van der Waals surface area (Å²) in [4.78, 5) is 9.60. The van der Waals surface area contributed by atoms with Gasteiger partial charge in [0.2, 0.25) is 0 Å². The van der Waals surface area contributed by atoms with E-state index in [1.54, 1.807) is 0 Å². The van der Waals surface area contributed by atoms with Crippen molar-refractivity contribution in [2.75, 3.05) is 3.86 Å². The summed E-state index contributed by atoms with van der Waals surface area (Å²) in [6.07, 6.45) is 1.02. The Morgan fingerprint density at radius 3 is 2.00 bits per heavy atom. The quantitative estimate of drug-likeness (QED) is 0.532. The van der Waals surface area contributed by atoms with Gasteiger partial charge in [0.05, 0.1) is 0 Å². The second-order valence-electron chi connectivity index (χ2n) is 1.46. The van der Waals surface area contributed by atoms with Crippen LogP contribution in [0.25, 0.3) is 0 Å². The van der Waals surface area contributed by atoms with Gasteiger partial charge in [0, 0.05) is 6.42 Å². The molecule has 0 aromatic carbocycles. The predicted octanol–water partition coefficient (Wildman–Crippen LogP) is -0.0242. The number of aliphatic carboxylic acids is 1. The van der Waals surface area contributed by atoms with E-state index >= 15 is 0 Å². The molecule has 0 aliphatic rings. The van der Waals surface area contributed by atoms with Crippen molar-refractivity contribution >= 4 is 33.9 Å². The first-order chi connectivity index (χ1) is 4.18. The summed E-state index contributed by atoms with van der Waals surface area (Å²) >= 11 is 0.924. The van der Waals surface area contributed by atoms with Crippen LogP contribution in [0.2, 0.25) is 0 Å². The normalized spacial score (nSPS) is 7.56. The van der Waals surface area contributed by atoms with Gasteiger partial charge in [-0.3, -0.25) is 4.79 Å². The van der Waals surface area contributed by atoms with Gasteiger partial charge in [0.1, 0.15) is 0 Å². The van der Waals surface area contributed by atoms with Gasteiger partial charge in [-0.15, -0.1) is 0 Å². The molecule has 0 saturated carbocycles. The Balaban J connectivity index is 0. The van der Waals surface area contributed by atoms with Crippen LogP contribution in [0.4, 0.5) is 0 Å². The fourth-order valence-corrected chi connectivity index (χ4v) is 0.214. The van der Waals surface area contributed by atoms with Gasteiger partial charge in [0.25, 0.3) is 0 Å². The number of aliphatic hydroxyl groups excluding tert-OH is 1. The first-order valence-electron chi connectivity index (χ1n) is 3.01. The molecule has 0 aromatic rings. The maximum atomic E-state index is 9.60. The summed E-state index contributed by atoms with van der Waals surface area (Å²) < 4.78 is 0.389. The summed E-state index contributed by atoms with van der Waals surface area (Å²) in [5.74, 6) is -0.711. The van der Waals surface area contributed by atoms with Crippen LogP contribution in [-0.2, 0) is 4.79 Å². The molecular formula is C5H11NaO3. The fourth-order valence-electron chi connectivity index (χ4n) is 0.214. The molecule has 4 heteroatoms. The van der Waals surface area contributed by atoms with Gasteiger partial charge in [-0.2, -0.15) is 0 Å². The number of carbonyl (C=O) groups is 1. The van der Waals surface area contributed by atoms with Crippen LogP contribution >= 0.6 is 0 Å². The number of carboxylic acid groups (broad SMARTS) is 1. The first kappa shape index (κ1) is 12.1. The zero-order chi connectivity index (χ0) is 7.70. The van der Waals surface area contributed by atoms with E-state index in [1.165, 1.54) is 0 Å². The Hall–Kier alpha value is 0.430. The molecule has 0 saturated heterocycles. The number of carboxylic acids is 1. The van der Waals surface area contributed by atoms with Crippen molar-refractivity contribution in [2.24, 2.45) is 0 Å². The SMILES string of the molecule is CCCC(=O)O.O[CH2][Na]. The molecule has 0 unspecified atom stereocenters. The van der Waals surface area contributed by atoms with Crippen LogP contribution in [0, 0.1) is 0 Å². The van der Waals surface area contributed by atoms with E-state index in [0.717, 1.165) is 34.4 Å². The third-order valence-electron chi connectivity index (χ3n) is 0.464. The summed E-state index contributed by atoms with van der Waals surface area (Å²) in [7, 11) is 0. The van der Waals surface area contributed by atoms with Gasteiger partial charge in [-0.25, -0.2) is 0 Å². The van der Waals surface area contributed by atoms with Crippen LogP contribution in [0.1, 0.15) is 19.8 Å². The van der Waals surface area contributed by atoms with Gasteiger partial charge < -0.3 is 5.11 Å². The minimum absolute atomic E-state index is 0.292. The molecule has 0 bridgehead atoms. The maximum absolute atomic E-state index is 9.60. The summed E-state index contributed by atoms with van der Waals surface area (Å²) in [6.45, 7) is 1.84. The third kappa shape index (κ3) is 29.6. The van der Waals surface area contributed by atoms with E-state index in [-0.39, 0.29) is 0 Å². The van der Waals surface area contributed by atoms with E-state index in [4.69, 9.17) is 10.2 Å². The zero-order valence-corrected chi connectivity index (χ0v) is 7.92. The molecule has 0 amide bonds. The van der Waals surface area contributed by atoms with E-state index in [1.807, 2.05) is 6.92 Å². The topological polar surface area (TPSA) is 57.5 Å². The second kappa shape index (κ2) is 11.3. The number of aliphatic hydroxyl groups is 1. The fraction of sp³-hybridized carbons (Fsp3) is 0.800. The van der Waals surface area contributed by atoms with Crippen LogP contribution in [0.15, 0.2) is 0 Å². The minimum atomic E-state index is -0.711. The number of hydrogen-bond acceptors (Lipinski definition) is 2. The van der Waals surface area contributed by atoms with Gasteiger partial charge in [0.15, 0.2) is 0 Å². The van der Waals surface area contributed by atoms with Gasteiger partial charge in [-0.1, -0.05) is 6.92 Å². The standard InChI is InChI=1S/C4H8O2.CH3O.Na/c1-2-3-4(5)6;1-2;/h2-3H2,1H3,(H,5,6);2H,1H2;. The molecule has 0 radical (unpaired) electrons. The van der Waals surface area contributed by atoms with E-state index < -0.39 is 5.97 Å². The molecule has 0 atom stereocenters. The van der Waals surface area contributed by atoms with Crippen LogP contribution in [0.3, 0.4) is 0 Å². The van der Waals surface area contributed by atoms with Crippen molar-refractivity contribution < 1.29 is 15.0 Å². The van der Waals surface area contributed by atoms with Crippen LogP contribution in [-0.4, -0.2) is 48.0 Å².